The van der Waals surface area contributed by atoms with Gasteiger partial charge in [-0.05, 0) is 35.9 Å². The maximum absolute atomic E-state index is 11.9. The molecular weight excluding hydrogens is 274 g/mol. The van der Waals surface area contributed by atoms with Crippen molar-refractivity contribution in [2.24, 2.45) is 4.99 Å². The predicted octanol–water partition coefficient (Wildman–Crippen LogP) is 2.65. The Morgan fingerprint density at radius 1 is 1.15 bits per heavy atom. The first kappa shape index (κ1) is 12.6. The second-order valence-electron chi connectivity index (χ2n) is 4.24. The molecule has 1 aliphatic heterocycles. The number of carbonyl (C=O) groups excluding carboxylic acids is 1. The number of amides is 1. The zero-order valence-corrected chi connectivity index (χ0v) is 11.1. The summed E-state index contributed by atoms with van der Waals surface area (Å²) in [6.07, 6.45) is 5.05. The van der Waals surface area contributed by atoms with E-state index in [-0.39, 0.29) is 5.91 Å². The average Bonchev–Trinajstić information content (AvgIpc) is 2.84. The number of pyridine rings is 1. The number of nitrogens with one attached hydrogen (secondary N) is 1. The monoisotopic (exact) mass is 283 g/mol. The van der Waals surface area contributed by atoms with E-state index in [4.69, 9.17) is 11.6 Å². The molecule has 98 valence electrons. The maximum atomic E-state index is 11.9. The summed E-state index contributed by atoms with van der Waals surface area (Å²) in [5, 5.41) is 3.38. The number of benzene rings is 1. The highest BCUT2D eigenvalue weighted by molar-refractivity contribution is 6.30. The molecule has 0 aliphatic carbocycles. The number of nitrogens with zero attached hydrogens (tertiary/aromatic N) is 2. The third kappa shape index (κ3) is 2.60. The molecule has 1 N–H and O–H groups in total. The van der Waals surface area contributed by atoms with Crippen molar-refractivity contribution in [1.82, 2.24) is 10.3 Å². The summed E-state index contributed by atoms with van der Waals surface area (Å²) < 4.78 is 0. The zero-order valence-electron chi connectivity index (χ0n) is 10.4. The third-order valence-electron chi connectivity index (χ3n) is 2.81. The first-order chi connectivity index (χ1) is 9.72. The van der Waals surface area contributed by atoms with E-state index in [1.807, 2.05) is 18.2 Å². The Hall–Kier alpha value is -2.46. The van der Waals surface area contributed by atoms with Gasteiger partial charge in [0.1, 0.15) is 11.5 Å². The molecule has 0 radical (unpaired) electrons. The minimum absolute atomic E-state index is 0.223. The lowest BCUT2D eigenvalue weighted by Crippen LogP contribution is -2.24. The molecular formula is C15H10ClN3O. The van der Waals surface area contributed by atoms with Crippen LogP contribution >= 0.6 is 11.6 Å². The van der Waals surface area contributed by atoms with Crippen molar-refractivity contribution in [1.29, 1.82) is 0 Å². The van der Waals surface area contributed by atoms with Crippen LogP contribution < -0.4 is 5.32 Å². The molecule has 5 heteroatoms. The zero-order chi connectivity index (χ0) is 13.9. The summed E-state index contributed by atoms with van der Waals surface area (Å²) in [6, 6.07) is 10.8. The Balaban J connectivity index is 1.92. The molecule has 1 aromatic heterocycles. The summed E-state index contributed by atoms with van der Waals surface area (Å²) in [6.45, 7) is 0. The highest BCUT2D eigenvalue weighted by Gasteiger charge is 2.20. The van der Waals surface area contributed by atoms with Crippen LogP contribution in [0.15, 0.2) is 59.5 Å². The largest absolute Gasteiger partial charge is 0.305 e. The number of amidine groups is 1. The fraction of sp³-hybridized carbons (Fsp3) is 0. The number of halogens is 1. The van der Waals surface area contributed by atoms with E-state index in [2.05, 4.69) is 15.3 Å². The van der Waals surface area contributed by atoms with Crippen LogP contribution in [0.25, 0.3) is 6.08 Å². The van der Waals surface area contributed by atoms with Crippen molar-refractivity contribution in [3.8, 4) is 0 Å². The molecule has 1 aromatic carbocycles. The second kappa shape index (κ2) is 5.27. The average molecular weight is 284 g/mol. The molecule has 0 bridgehead atoms. The Morgan fingerprint density at radius 2 is 1.95 bits per heavy atom. The van der Waals surface area contributed by atoms with Gasteiger partial charge in [0, 0.05) is 23.0 Å². The quantitative estimate of drug-likeness (QED) is 0.862. The van der Waals surface area contributed by atoms with E-state index in [0.717, 1.165) is 11.1 Å². The molecule has 0 saturated heterocycles. The Morgan fingerprint density at radius 3 is 2.65 bits per heavy atom. The predicted molar refractivity (Wildman–Crippen MR) is 78.3 cm³/mol. The fourth-order valence-corrected chi connectivity index (χ4v) is 1.95. The van der Waals surface area contributed by atoms with E-state index in [1.165, 1.54) is 0 Å². The molecule has 4 nitrogen and oxygen atoms in total. The molecule has 20 heavy (non-hydrogen) atoms. The Bertz CT molecular complexity index is 706. The highest BCUT2D eigenvalue weighted by Crippen LogP contribution is 2.16. The molecule has 0 fully saturated rings. The van der Waals surface area contributed by atoms with Crippen molar-refractivity contribution in [2.75, 3.05) is 0 Å². The number of aromatic nitrogens is 1. The smallest absolute Gasteiger partial charge is 0.275 e. The van der Waals surface area contributed by atoms with Crippen LogP contribution in [0.2, 0.25) is 5.02 Å². The van der Waals surface area contributed by atoms with Gasteiger partial charge in [0.15, 0.2) is 0 Å². The maximum Gasteiger partial charge on any atom is 0.275 e. The van der Waals surface area contributed by atoms with Gasteiger partial charge in [-0.25, -0.2) is 4.99 Å². The van der Waals surface area contributed by atoms with Crippen molar-refractivity contribution in [2.45, 2.75) is 0 Å². The molecule has 0 atom stereocenters. The number of hydrogen-bond acceptors (Lipinski definition) is 3. The van der Waals surface area contributed by atoms with Crippen LogP contribution in [0.5, 0.6) is 0 Å². The van der Waals surface area contributed by atoms with Gasteiger partial charge in [-0.15, -0.1) is 0 Å². The van der Waals surface area contributed by atoms with Crippen LogP contribution in [0.1, 0.15) is 11.1 Å². The summed E-state index contributed by atoms with van der Waals surface area (Å²) in [5.74, 6) is 0.294. The number of carbonyl (C=O) groups is 1. The van der Waals surface area contributed by atoms with Gasteiger partial charge in [-0.1, -0.05) is 23.7 Å². The molecule has 3 rings (SSSR count). The Kier molecular flexibility index (Phi) is 3.31. The van der Waals surface area contributed by atoms with Crippen molar-refractivity contribution >= 4 is 29.4 Å². The molecule has 1 aliphatic rings. The standard InChI is InChI=1S/C15H10ClN3O/c16-12-5-3-10(4-6-12)8-13-15(20)19-14(18-13)11-2-1-7-17-9-11/h1-9H,(H,18,19,20)/b13-8+. The number of aliphatic imine (C=N–C) groups is 1. The van der Waals surface area contributed by atoms with Crippen LogP contribution in [0.4, 0.5) is 0 Å². The van der Waals surface area contributed by atoms with Crippen molar-refractivity contribution in [3.63, 3.8) is 0 Å². The lowest BCUT2D eigenvalue weighted by atomic mass is 10.2. The number of hydrogen-bond donors (Lipinski definition) is 1. The molecule has 0 unspecified atom stereocenters. The van der Waals surface area contributed by atoms with Crippen molar-refractivity contribution in [3.05, 3.63) is 70.6 Å². The van der Waals surface area contributed by atoms with Gasteiger partial charge < -0.3 is 5.32 Å². The first-order valence-corrected chi connectivity index (χ1v) is 6.38. The molecule has 0 saturated carbocycles. The summed E-state index contributed by atoms with van der Waals surface area (Å²) in [5.41, 5.74) is 2.02. The van der Waals surface area contributed by atoms with E-state index >= 15 is 0 Å². The SMILES string of the molecule is O=C1NC(c2cccnc2)=N/C1=C/c1ccc(Cl)cc1. The summed E-state index contributed by atoms with van der Waals surface area (Å²) in [4.78, 5) is 20.2. The lowest BCUT2D eigenvalue weighted by Gasteiger charge is -1.97. The lowest BCUT2D eigenvalue weighted by molar-refractivity contribution is -0.115. The molecule has 1 amide bonds. The third-order valence-corrected chi connectivity index (χ3v) is 3.06. The van der Waals surface area contributed by atoms with Crippen LogP contribution in [-0.2, 0) is 4.79 Å². The minimum atomic E-state index is -0.223. The highest BCUT2D eigenvalue weighted by atomic mass is 35.5. The first-order valence-electron chi connectivity index (χ1n) is 6.00. The van der Waals surface area contributed by atoms with Gasteiger partial charge in [0.2, 0.25) is 0 Å². The topological polar surface area (TPSA) is 54.4 Å². The Labute approximate surface area is 120 Å². The number of rotatable bonds is 2. The second-order valence-corrected chi connectivity index (χ2v) is 4.67. The molecule has 2 aromatic rings. The van der Waals surface area contributed by atoms with Crippen LogP contribution in [0, 0.1) is 0 Å². The van der Waals surface area contributed by atoms with Gasteiger partial charge in [-0.3, -0.25) is 9.78 Å². The van der Waals surface area contributed by atoms with E-state index < -0.39 is 0 Å². The van der Waals surface area contributed by atoms with Gasteiger partial charge in [0.05, 0.1) is 0 Å². The summed E-state index contributed by atoms with van der Waals surface area (Å²) in [7, 11) is 0. The normalized spacial score (nSPS) is 16.1. The van der Waals surface area contributed by atoms with E-state index in [9.17, 15) is 4.79 Å². The molecule has 2 heterocycles. The minimum Gasteiger partial charge on any atom is -0.305 e. The van der Waals surface area contributed by atoms with E-state index in [1.54, 1.807) is 36.7 Å². The van der Waals surface area contributed by atoms with Crippen molar-refractivity contribution < 1.29 is 4.79 Å². The van der Waals surface area contributed by atoms with Gasteiger partial charge >= 0.3 is 0 Å². The van der Waals surface area contributed by atoms with E-state index in [0.29, 0.717) is 16.6 Å². The van der Waals surface area contributed by atoms with Crippen LogP contribution in [0.3, 0.4) is 0 Å². The molecule has 0 spiro atoms. The van der Waals surface area contributed by atoms with Gasteiger partial charge in [0.25, 0.3) is 5.91 Å². The van der Waals surface area contributed by atoms with Gasteiger partial charge in [-0.2, -0.15) is 0 Å². The fourth-order valence-electron chi connectivity index (χ4n) is 1.82. The van der Waals surface area contributed by atoms with Crippen LogP contribution in [-0.4, -0.2) is 16.7 Å². The summed E-state index contributed by atoms with van der Waals surface area (Å²) >= 11 is 5.83.